The number of nitrogens with zero attached hydrogens (tertiary/aromatic N) is 5. The van der Waals surface area contributed by atoms with Crippen LogP contribution in [0, 0.1) is 5.82 Å². The molecule has 0 radical (unpaired) electrons. The molecule has 0 aliphatic carbocycles. The van der Waals surface area contributed by atoms with Crippen molar-refractivity contribution in [3.05, 3.63) is 41.6 Å². The highest BCUT2D eigenvalue weighted by Crippen LogP contribution is 2.26. The van der Waals surface area contributed by atoms with Gasteiger partial charge in [-0.15, -0.1) is 0 Å². The number of hydrogen-bond donors (Lipinski definition) is 1. The SMILES string of the molecule is CN1CCC(Oc2ncc3ncnc(Nc4ccc(F)c(Cl)c4)c3n2)C1. The van der Waals surface area contributed by atoms with Crippen molar-refractivity contribution in [2.75, 3.05) is 25.5 Å². The van der Waals surface area contributed by atoms with E-state index in [0.717, 1.165) is 19.5 Å². The number of aromatic nitrogens is 4. The first kappa shape index (κ1) is 16.9. The maximum absolute atomic E-state index is 13.3. The van der Waals surface area contributed by atoms with Gasteiger partial charge in [-0.25, -0.2) is 19.3 Å². The molecule has 1 atom stereocenters. The minimum Gasteiger partial charge on any atom is -0.459 e. The van der Waals surface area contributed by atoms with E-state index in [4.69, 9.17) is 16.3 Å². The Morgan fingerprint density at radius 3 is 2.96 bits per heavy atom. The lowest BCUT2D eigenvalue weighted by atomic mass is 10.3. The highest BCUT2D eigenvalue weighted by atomic mass is 35.5. The first-order chi connectivity index (χ1) is 12.6. The minimum atomic E-state index is -0.482. The summed E-state index contributed by atoms with van der Waals surface area (Å²) in [5.74, 6) is -0.0160. The lowest BCUT2D eigenvalue weighted by Crippen LogP contribution is -2.22. The molecule has 0 saturated carbocycles. The van der Waals surface area contributed by atoms with Gasteiger partial charge in [-0.1, -0.05) is 11.6 Å². The van der Waals surface area contributed by atoms with E-state index in [2.05, 4.69) is 30.2 Å². The van der Waals surface area contributed by atoms with Crippen LogP contribution >= 0.6 is 11.6 Å². The van der Waals surface area contributed by atoms with Crippen LogP contribution in [0.2, 0.25) is 5.02 Å². The third kappa shape index (κ3) is 3.51. The van der Waals surface area contributed by atoms with E-state index >= 15 is 0 Å². The summed E-state index contributed by atoms with van der Waals surface area (Å²) >= 11 is 5.83. The topological polar surface area (TPSA) is 76.1 Å². The summed E-state index contributed by atoms with van der Waals surface area (Å²) in [4.78, 5) is 19.3. The number of likely N-dealkylation sites (tertiary alicyclic amines) is 1. The van der Waals surface area contributed by atoms with Gasteiger partial charge in [-0.2, -0.15) is 4.98 Å². The minimum absolute atomic E-state index is 0.0253. The Morgan fingerprint density at radius 2 is 2.19 bits per heavy atom. The lowest BCUT2D eigenvalue weighted by Gasteiger charge is -2.13. The Kier molecular flexibility index (Phi) is 4.52. The van der Waals surface area contributed by atoms with Crippen LogP contribution in [-0.2, 0) is 0 Å². The molecule has 1 aliphatic heterocycles. The van der Waals surface area contributed by atoms with Crippen LogP contribution in [0.4, 0.5) is 15.9 Å². The smallest absolute Gasteiger partial charge is 0.317 e. The molecule has 0 bridgehead atoms. The number of benzene rings is 1. The van der Waals surface area contributed by atoms with Crippen molar-refractivity contribution in [1.29, 1.82) is 0 Å². The molecule has 3 heterocycles. The van der Waals surface area contributed by atoms with Gasteiger partial charge >= 0.3 is 6.01 Å². The number of anilines is 2. The number of hydrogen-bond acceptors (Lipinski definition) is 7. The highest BCUT2D eigenvalue weighted by Gasteiger charge is 2.22. The predicted molar refractivity (Wildman–Crippen MR) is 96.4 cm³/mol. The van der Waals surface area contributed by atoms with E-state index in [9.17, 15) is 4.39 Å². The quantitative estimate of drug-likeness (QED) is 0.752. The second-order valence-corrected chi connectivity index (χ2v) is 6.56. The van der Waals surface area contributed by atoms with Crippen LogP contribution in [0.5, 0.6) is 6.01 Å². The summed E-state index contributed by atoms with van der Waals surface area (Å²) in [6, 6.07) is 4.63. The molecular formula is C17H16ClFN6O. The van der Waals surface area contributed by atoms with Crippen LogP contribution in [0.25, 0.3) is 11.0 Å². The second kappa shape index (κ2) is 6.97. The summed E-state index contributed by atoms with van der Waals surface area (Å²) in [5.41, 5.74) is 1.69. The molecule has 1 unspecified atom stereocenters. The van der Waals surface area contributed by atoms with Gasteiger partial charge in [0.15, 0.2) is 5.82 Å². The Hall–Kier alpha value is -2.58. The number of likely N-dealkylation sites (N-methyl/N-ethyl adjacent to an activating group) is 1. The Labute approximate surface area is 154 Å². The highest BCUT2D eigenvalue weighted by molar-refractivity contribution is 6.31. The van der Waals surface area contributed by atoms with Crippen molar-refractivity contribution >= 4 is 34.1 Å². The van der Waals surface area contributed by atoms with Gasteiger partial charge in [0.05, 0.1) is 11.2 Å². The van der Waals surface area contributed by atoms with Gasteiger partial charge in [-0.05, 0) is 31.7 Å². The third-order valence-electron chi connectivity index (χ3n) is 4.16. The number of ether oxygens (including phenoxy) is 1. The fourth-order valence-electron chi connectivity index (χ4n) is 2.84. The Balaban J connectivity index is 1.63. The van der Waals surface area contributed by atoms with Crippen LogP contribution in [-0.4, -0.2) is 51.1 Å². The van der Waals surface area contributed by atoms with Crippen LogP contribution < -0.4 is 10.1 Å². The molecule has 2 aromatic heterocycles. The van der Waals surface area contributed by atoms with Gasteiger partial charge in [-0.3, -0.25) is 0 Å². The molecule has 134 valence electrons. The molecule has 1 aromatic carbocycles. The molecule has 1 fully saturated rings. The summed E-state index contributed by atoms with van der Waals surface area (Å²) < 4.78 is 19.2. The summed E-state index contributed by atoms with van der Waals surface area (Å²) in [7, 11) is 2.05. The number of rotatable bonds is 4. The van der Waals surface area contributed by atoms with Crippen LogP contribution in [0.3, 0.4) is 0 Å². The zero-order valence-corrected chi connectivity index (χ0v) is 14.7. The van der Waals surface area contributed by atoms with Gasteiger partial charge < -0.3 is 15.0 Å². The van der Waals surface area contributed by atoms with Gasteiger partial charge in [0.1, 0.15) is 29.3 Å². The van der Waals surface area contributed by atoms with E-state index in [0.29, 0.717) is 22.5 Å². The zero-order valence-electron chi connectivity index (χ0n) is 14.0. The molecule has 1 saturated heterocycles. The fourth-order valence-corrected chi connectivity index (χ4v) is 3.02. The van der Waals surface area contributed by atoms with Crippen molar-refractivity contribution < 1.29 is 9.13 Å². The van der Waals surface area contributed by atoms with Crippen molar-refractivity contribution in [3.63, 3.8) is 0 Å². The van der Waals surface area contributed by atoms with Gasteiger partial charge in [0.25, 0.3) is 0 Å². The van der Waals surface area contributed by atoms with Crippen molar-refractivity contribution in [2.45, 2.75) is 12.5 Å². The van der Waals surface area contributed by atoms with Crippen molar-refractivity contribution in [2.24, 2.45) is 0 Å². The number of halogens is 2. The van der Waals surface area contributed by atoms with Gasteiger partial charge in [0, 0.05) is 18.8 Å². The zero-order chi connectivity index (χ0) is 18.1. The molecule has 26 heavy (non-hydrogen) atoms. The Bertz CT molecular complexity index is 956. The molecule has 0 spiro atoms. The van der Waals surface area contributed by atoms with Crippen molar-refractivity contribution in [1.82, 2.24) is 24.8 Å². The molecule has 3 aromatic rings. The van der Waals surface area contributed by atoms with Crippen LogP contribution in [0.1, 0.15) is 6.42 Å². The maximum Gasteiger partial charge on any atom is 0.317 e. The number of nitrogens with one attached hydrogen (secondary N) is 1. The average molecular weight is 375 g/mol. The summed E-state index contributed by atoms with van der Waals surface area (Å²) in [6.45, 7) is 1.82. The average Bonchev–Trinajstić information content (AvgIpc) is 3.03. The van der Waals surface area contributed by atoms with Crippen molar-refractivity contribution in [3.8, 4) is 6.01 Å². The summed E-state index contributed by atoms with van der Waals surface area (Å²) in [6.07, 6.45) is 4.00. The first-order valence-electron chi connectivity index (χ1n) is 8.13. The molecule has 9 heteroatoms. The lowest BCUT2D eigenvalue weighted by molar-refractivity contribution is 0.192. The fraction of sp³-hybridized carbons (Fsp3) is 0.294. The summed E-state index contributed by atoms with van der Waals surface area (Å²) in [5, 5.41) is 3.11. The second-order valence-electron chi connectivity index (χ2n) is 6.15. The maximum atomic E-state index is 13.3. The molecule has 7 nitrogen and oxygen atoms in total. The first-order valence-corrected chi connectivity index (χ1v) is 8.51. The monoisotopic (exact) mass is 374 g/mol. The molecular weight excluding hydrogens is 359 g/mol. The van der Waals surface area contributed by atoms with E-state index in [1.165, 1.54) is 18.5 Å². The van der Waals surface area contributed by atoms with Crippen LogP contribution in [0.15, 0.2) is 30.7 Å². The predicted octanol–water partition coefficient (Wildman–Crippen LogP) is 3.04. The normalized spacial score (nSPS) is 17.6. The molecule has 4 rings (SSSR count). The largest absolute Gasteiger partial charge is 0.459 e. The molecule has 1 aliphatic rings. The molecule has 0 amide bonds. The Morgan fingerprint density at radius 1 is 1.31 bits per heavy atom. The van der Waals surface area contributed by atoms with E-state index in [1.807, 2.05) is 7.05 Å². The van der Waals surface area contributed by atoms with Gasteiger partial charge in [0.2, 0.25) is 0 Å². The van der Waals surface area contributed by atoms with E-state index < -0.39 is 5.82 Å². The van der Waals surface area contributed by atoms with E-state index in [-0.39, 0.29) is 17.1 Å². The van der Waals surface area contributed by atoms with E-state index in [1.54, 1.807) is 12.3 Å². The number of fused-ring (bicyclic) bond motifs is 1. The standard InChI is InChI=1S/C17H16ClFN6O/c1-25-5-4-11(8-25)26-17-20-7-14-15(24-17)16(22-9-21-14)23-10-2-3-13(19)12(18)6-10/h2-3,6-7,9,11H,4-5,8H2,1H3,(H,21,22,23). The third-order valence-corrected chi connectivity index (χ3v) is 4.45. The molecule has 1 N–H and O–H groups in total.